The Bertz CT molecular complexity index is 724. The molecule has 0 amide bonds. The van der Waals surface area contributed by atoms with Crippen LogP contribution in [-0.4, -0.2) is 33.2 Å². The van der Waals surface area contributed by atoms with Crippen molar-refractivity contribution in [3.05, 3.63) is 30.4 Å². The minimum Gasteiger partial charge on any atom is -0.388 e. The maximum atomic E-state index is 12.2. The van der Waals surface area contributed by atoms with Crippen LogP contribution in [0.4, 0.5) is 5.95 Å². The number of nitrogens with one attached hydrogen (secondary N) is 1. The highest BCUT2D eigenvalue weighted by Crippen LogP contribution is 2.16. The second kappa shape index (κ2) is 4.90. The van der Waals surface area contributed by atoms with Crippen molar-refractivity contribution in [1.29, 1.82) is 0 Å². The van der Waals surface area contributed by atoms with Crippen molar-refractivity contribution in [1.82, 2.24) is 19.7 Å². The molecule has 0 aromatic carbocycles. The van der Waals surface area contributed by atoms with Gasteiger partial charge in [-0.2, -0.15) is 10.1 Å². The van der Waals surface area contributed by atoms with Crippen molar-refractivity contribution < 1.29 is 8.42 Å². The summed E-state index contributed by atoms with van der Waals surface area (Å²) in [6.07, 6.45) is 2.64. The van der Waals surface area contributed by atoms with E-state index in [-0.39, 0.29) is 21.5 Å². The number of hydrogen-bond donors (Lipinski definition) is 2. The van der Waals surface area contributed by atoms with Gasteiger partial charge in [0.25, 0.3) is 10.0 Å². The van der Waals surface area contributed by atoms with Crippen LogP contribution in [0.1, 0.15) is 5.69 Å². The molecule has 0 saturated carbocycles. The first-order valence-electron chi connectivity index (χ1n) is 5.03. The Morgan fingerprint density at radius 3 is 2.79 bits per heavy atom. The van der Waals surface area contributed by atoms with Crippen molar-refractivity contribution in [3.63, 3.8) is 0 Å². The van der Waals surface area contributed by atoms with Gasteiger partial charge in [0.15, 0.2) is 0 Å². The second-order valence-corrected chi connectivity index (χ2v) is 5.62. The third kappa shape index (κ3) is 2.69. The van der Waals surface area contributed by atoms with Crippen LogP contribution in [0.3, 0.4) is 0 Å². The van der Waals surface area contributed by atoms with Crippen LogP contribution in [0, 0.1) is 0 Å². The van der Waals surface area contributed by atoms with Crippen molar-refractivity contribution in [3.8, 4) is 0 Å². The van der Waals surface area contributed by atoms with Crippen LogP contribution in [0.5, 0.6) is 0 Å². The number of hydrogen-bond acceptors (Lipinski definition) is 6. The number of nitrogens with zero attached hydrogens (tertiary/aromatic N) is 4. The van der Waals surface area contributed by atoms with E-state index in [0.717, 1.165) is 0 Å². The minimum atomic E-state index is -3.88. The first-order chi connectivity index (χ1) is 8.92. The zero-order valence-corrected chi connectivity index (χ0v) is 11.4. The lowest BCUT2D eigenvalue weighted by molar-refractivity contribution is 0.599. The molecule has 2 aromatic heterocycles. The number of nitrogens with two attached hydrogens (primary N) is 1. The van der Waals surface area contributed by atoms with Crippen molar-refractivity contribution in [2.75, 3.05) is 4.72 Å². The van der Waals surface area contributed by atoms with E-state index >= 15 is 0 Å². The summed E-state index contributed by atoms with van der Waals surface area (Å²) in [5.74, 6) is 0.0812. The predicted molar refractivity (Wildman–Crippen MR) is 71.9 cm³/mol. The first kappa shape index (κ1) is 13.4. The molecule has 0 aliphatic carbocycles. The molecule has 0 atom stereocenters. The SMILES string of the molecule is Cn1ncnc1NS(=O)(=O)c1cccnc1C(N)=S. The summed E-state index contributed by atoms with van der Waals surface area (Å²) in [6, 6.07) is 2.84. The molecule has 3 N–H and O–H groups in total. The van der Waals surface area contributed by atoms with Gasteiger partial charge in [-0.1, -0.05) is 12.2 Å². The molecular weight excluding hydrogens is 288 g/mol. The Hall–Kier alpha value is -2.07. The number of aromatic nitrogens is 4. The molecule has 2 aromatic rings. The third-order valence-electron chi connectivity index (χ3n) is 2.23. The summed E-state index contributed by atoms with van der Waals surface area (Å²) in [4.78, 5) is 7.44. The molecule has 0 unspecified atom stereocenters. The lowest BCUT2D eigenvalue weighted by atomic mass is 10.3. The summed E-state index contributed by atoms with van der Waals surface area (Å²) in [7, 11) is -2.33. The zero-order chi connectivity index (χ0) is 14.0. The minimum absolute atomic E-state index is 0.0344. The summed E-state index contributed by atoms with van der Waals surface area (Å²) in [5, 5.41) is 3.76. The molecule has 19 heavy (non-hydrogen) atoms. The van der Waals surface area contributed by atoms with E-state index in [0.29, 0.717) is 0 Å². The molecule has 0 spiro atoms. The smallest absolute Gasteiger partial charge is 0.266 e. The van der Waals surface area contributed by atoms with E-state index < -0.39 is 10.0 Å². The van der Waals surface area contributed by atoms with Crippen LogP contribution in [0.2, 0.25) is 0 Å². The fraction of sp³-hybridized carbons (Fsp3) is 0.111. The van der Waals surface area contributed by atoms with Crippen molar-refractivity contribution in [2.45, 2.75) is 4.90 Å². The number of rotatable bonds is 4. The molecule has 0 saturated heterocycles. The molecule has 0 aliphatic heterocycles. The van der Waals surface area contributed by atoms with E-state index in [1.165, 1.54) is 29.3 Å². The fourth-order valence-corrected chi connectivity index (χ4v) is 2.79. The highest BCUT2D eigenvalue weighted by molar-refractivity contribution is 7.93. The number of aryl methyl sites for hydroxylation is 1. The fourth-order valence-electron chi connectivity index (χ4n) is 1.36. The quantitative estimate of drug-likeness (QED) is 0.741. The van der Waals surface area contributed by atoms with Gasteiger partial charge in [-0.15, -0.1) is 0 Å². The van der Waals surface area contributed by atoms with Gasteiger partial charge < -0.3 is 5.73 Å². The van der Waals surface area contributed by atoms with Gasteiger partial charge in [0.1, 0.15) is 21.9 Å². The lowest BCUT2D eigenvalue weighted by Crippen LogP contribution is -2.22. The van der Waals surface area contributed by atoms with Crippen molar-refractivity contribution in [2.24, 2.45) is 12.8 Å². The van der Waals surface area contributed by atoms with Crippen LogP contribution in [0.15, 0.2) is 29.6 Å². The topological polar surface area (TPSA) is 116 Å². The van der Waals surface area contributed by atoms with Crippen LogP contribution >= 0.6 is 12.2 Å². The molecule has 0 fully saturated rings. The number of pyridine rings is 1. The Labute approximate surface area is 114 Å². The van der Waals surface area contributed by atoms with Crippen LogP contribution < -0.4 is 10.5 Å². The maximum absolute atomic E-state index is 12.2. The molecular formula is C9H10N6O2S2. The van der Waals surface area contributed by atoms with Crippen molar-refractivity contribution >= 4 is 33.2 Å². The Morgan fingerprint density at radius 2 is 2.21 bits per heavy atom. The molecule has 2 rings (SSSR count). The number of thiocarbonyl (C=S) groups is 1. The molecule has 2 heterocycles. The second-order valence-electron chi connectivity index (χ2n) is 3.53. The molecule has 100 valence electrons. The van der Waals surface area contributed by atoms with E-state index in [1.54, 1.807) is 7.05 Å². The van der Waals surface area contributed by atoms with E-state index in [1.807, 2.05) is 0 Å². The van der Waals surface area contributed by atoms with E-state index in [9.17, 15) is 8.42 Å². The van der Waals surface area contributed by atoms with Gasteiger partial charge in [0.2, 0.25) is 5.95 Å². The van der Waals surface area contributed by atoms with Gasteiger partial charge >= 0.3 is 0 Å². The first-order valence-corrected chi connectivity index (χ1v) is 6.92. The normalized spacial score (nSPS) is 11.2. The third-order valence-corrected chi connectivity index (χ3v) is 3.78. The van der Waals surface area contributed by atoms with Gasteiger partial charge in [-0.3, -0.25) is 4.98 Å². The highest BCUT2D eigenvalue weighted by Gasteiger charge is 2.22. The molecule has 0 bridgehead atoms. The summed E-state index contributed by atoms with van der Waals surface area (Å²) >= 11 is 4.78. The largest absolute Gasteiger partial charge is 0.388 e. The van der Waals surface area contributed by atoms with Crippen LogP contribution in [-0.2, 0) is 17.1 Å². The lowest BCUT2D eigenvalue weighted by Gasteiger charge is -2.09. The Balaban J connectivity index is 2.46. The molecule has 8 nitrogen and oxygen atoms in total. The molecule has 0 radical (unpaired) electrons. The Morgan fingerprint density at radius 1 is 1.47 bits per heavy atom. The monoisotopic (exact) mass is 298 g/mol. The average molecular weight is 298 g/mol. The average Bonchev–Trinajstić information content (AvgIpc) is 2.74. The number of sulfonamides is 1. The predicted octanol–water partition coefficient (Wildman–Crippen LogP) is -0.355. The molecule has 10 heteroatoms. The summed E-state index contributed by atoms with van der Waals surface area (Å²) in [5.41, 5.74) is 5.49. The van der Waals surface area contributed by atoms with Gasteiger partial charge in [0, 0.05) is 13.2 Å². The van der Waals surface area contributed by atoms with Gasteiger partial charge in [-0.05, 0) is 12.1 Å². The van der Waals surface area contributed by atoms with Gasteiger partial charge in [-0.25, -0.2) is 17.8 Å². The Kier molecular flexibility index (Phi) is 3.44. The maximum Gasteiger partial charge on any atom is 0.266 e. The molecule has 0 aliphatic rings. The number of anilines is 1. The van der Waals surface area contributed by atoms with Crippen LogP contribution in [0.25, 0.3) is 0 Å². The zero-order valence-electron chi connectivity index (χ0n) is 9.81. The summed E-state index contributed by atoms with van der Waals surface area (Å²) < 4.78 is 28.0. The standard InChI is InChI=1S/C9H10N6O2S2/c1-15-9(12-5-13-15)14-19(16,17)6-3-2-4-11-7(6)8(10)18/h2-5H,1H3,(H2,10,18)(H,12,13,14). The summed E-state index contributed by atoms with van der Waals surface area (Å²) in [6.45, 7) is 0. The van der Waals surface area contributed by atoms with Gasteiger partial charge in [0.05, 0.1) is 0 Å². The van der Waals surface area contributed by atoms with E-state index in [2.05, 4.69) is 19.8 Å². The van der Waals surface area contributed by atoms with E-state index in [4.69, 9.17) is 18.0 Å². The highest BCUT2D eigenvalue weighted by atomic mass is 32.2.